The zero-order chi connectivity index (χ0) is 16.5. The zero-order valence-corrected chi connectivity index (χ0v) is 11.8. The van der Waals surface area contributed by atoms with Crippen LogP contribution in [0.4, 0.5) is 18.9 Å². The molecule has 1 aromatic rings. The van der Waals surface area contributed by atoms with Crippen molar-refractivity contribution in [1.82, 2.24) is 4.90 Å². The topological polar surface area (TPSA) is 69.6 Å². The van der Waals surface area contributed by atoms with Crippen molar-refractivity contribution >= 4 is 17.5 Å². The van der Waals surface area contributed by atoms with Gasteiger partial charge in [0.05, 0.1) is 0 Å². The number of amides is 2. The number of alkyl halides is 3. The highest BCUT2D eigenvalue weighted by Crippen LogP contribution is 2.27. The van der Waals surface area contributed by atoms with Crippen LogP contribution in [0.3, 0.4) is 0 Å². The third-order valence-electron chi connectivity index (χ3n) is 3.53. The number of carbonyl (C=O) groups excluding carboxylic acids is 2. The number of benzene rings is 1. The number of anilines is 1. The van der Waals surface area contributed by atoms with E-state index in [9.17, 15) is 27.9 Å². The number of aromatic hydroxyl groups is 1. The summed E-state index contributed by atoms with van der Waals surface area (Å²) in [7, 11) is 0. The summed E-state index contributed by atoms with van der Waals surface area (Å²) in [6.45, 7) is 1.55. The minimum Gasteiger partial charge on any atom is -0.508 e. The maximum absolute atomic E-state index is 12.5. The van der Waals surface area contributed by atoms with Crippen LogP contribution in [0.1, 0.15) is 18.4 Å². The molecule has 120 valence electrons. The highest BCUT2D eigenvalue weighted by molar-refractivity contribution is 5.98. The molecule has 1 unspecified atom stereocenters. The van der Waals surface area contributed by atoms with Gasteiger partial charge in [0.2, 0.25) is 5.91 Å². The number of aryl methyl sites for hydroxylation is 1. The lowest BCUT2D eigenvalue weighted by Gasteiger charge is -2.25. The highest BCUT2D eigenvalue weighted by atomic mass is 19.4. The summed E-state index contributed by atoms with van der Waals surface area (Å²) < 4.78 is 37.6. The number of phenolic OH excluding ortho intramolecular Hbond substituents is 1. The largest absolute Gasteiger partial charge is 0.508 e. The average Bonchev–Trinajstić information content (AvgIpc) is 2.89. The summed E-state index contributed by atoms with van der Waals surface area (Å²) in [5.74, 6) is -2.64. The van der Waals surface area contributed by atoms with Crippen LogP contribution >= 0.6 is 0 Å². The van der Waals surface area contributed by atoms with Crippen LogP contribution in [-0.2, 0) is 9.59 Å². The molecule has 1 heterocycles. The van der Waals surface area contributed by atoms with Gasteiger partial charge in [0.15, 0.2) is 0 Å². The molecule has 5 nitrogen and oxygen atoms in total. The lowest BCUT2D eigenvalue weighted by atomic mass is 10.1. The van der Waals surface area contributed by atoms with E-state index in [0.29, 0.717) is 22.6 Å². The molecular formula is C14H15F3N2O3. The number of hydrogen-bond acceptors (Lipinski definition) is 3. The molecule has 8 heteroatoms. The molecule has 0 aromatic heterocycles. The molecule has 1 atom stereocenters. The lowest BCUT2D eigenvalue weighted by Crippen LogP contribution is -2.48. The van der Waals surface area contributed by atoms with Gasteiger partial charge in [-0.25, -0.2) is 0 Å². The summed E-state index contributed by atoms with van der Waals surface area (Å²) in [4.78, 5) is 24.1. The monoisotopic (exact) mass is 316 g/mol. The lowest BCUT2D eigenvalue weighted by molar-refractivity contribution is -0.186. The predicted octanol–water partition coefficient (Wildman–Crippen LogP) is 2.19. The Balaban J connectivity index is 2.13. The van der Waals surface area contributed by atoms with Crippen molar-refractivity contribution in [1.29, 1.82) is 0 Å². The Bertz CT molecular complexity index is 601. The van der Waals surface area contributed by atoms with Gasteiger partial charge in [-0.05, 0) is 43.5 Å². The van der Waals surface area contributed by atoms with Gasteiger partial charge in [0.25, 0.3) is 0 Å². The number of phenols is 1. The van der Waals surface area contributed by atoms with E-state index in [0.717, 1.165) is 0 Å². The van der Waals surface area contributed by atoms with Crippen molar-refractivity contribution < 1.29 is 27.9 Å². The molecule has 0 saturated carbocycles. The van der Waals surface area contributed by atoms with Crippen LogP contribution in [-0.4, -0.2) is 40.6 Å². The van der Waals surface area contributed by atoms with Crippen molar-refractivity contribution in [3.05, 3.63) is 23.8 Å². The summed E-state index contributed by atoms with van der Waals surface area (Å²) in [6.07, 6.45) is -4.46. The summed E-state index contributed by atoms with van der Waals surface area (Å²) in [6, 6.07) is 3.09. The molecule has 1 aromatic carbocycles. The van der Waals surface area contributed by atoms with E-state index in [-0.39, 0.29) is 18.7 Å². The van der Waals surface area contributed by atoms with Crippen molar-refractivity contribution in [3.63, 3.8) is 0 Å². The van der Waals surface area contributed by atoms with E-state index in [1.807, 2.05) is 0 Å². The van der Waals surface area contributed by atoms with Gasteiger partial charge in [-0.3, -0.25) is 9.59 Å². The maximum atomic E-state index is 12.5. The molecule has 2 amide bonds. The van der Waals surface area contributed by atoms with E-state index in [2.05, 4.69) is 5.32 Å². The van der Waals surface area contributed by atoms with Crippen LogP contribution in [0.2, 0.25) is 0 Å². The Kier molecular flexibility index (Phi) is 4.30. The first-order chi connectivity index (χ1) is 10.2. The normalized spacial score (nSPS) is 18.4. The van der Waals surface area contributed by atoms with Gasteiger partial charge in [-0.15, -0.1) is 0 Å². The van der Waals surface area contributed by atoms with Crippen LogP contribution in [0.25, 0.3) is 0 Å². The van der Waals surface area contributed by atoms with Crippen LogP contribution < -0.4 is 5.32 Å². The van der Waals surface area contributed by atoms with Crippen molar-refractivity contribution in [2.24, 2.45) is 0 Å². The fourth-order valence-electron chi connectivity index (χ4n) is 2.45. The standard InChI is InChI=1S/C14H15F3N2O3/c1-8-7-9(20)4-5-10(8)18-12(21)11-3-2-6-19(11)13(22)14(15,16)17/h4-5,7,11,20H,2-3,6H2,1H3,(H,18,21). The van der Waals surface area contributed by atoms with Gasteiger partial charge in [0, 0.05) is 12.2 Å². The molecule has 1 aliphatic heterocycles. The first kappa shape index (κ1) is 16.1. The van der Waals surface area contributed by atoms with E-state index in [4.69, 9.17) is 0 Å². The smallest absolute Gasteiger partial charge is 0.471 e. The van der Waals surface area contributed by atoms with E-state index in [1.165, 1.54) is 18.2 Å². The minimum atomic E-state index is -4.99. The van der Waals surface area contributed by atoms with Gasteiger partial charge in [-0.2, -0.15) is 13.2 Å². The molecule has 1 aliphatic rings. The van der Waals surface area contributed by atoms with Crippen molar-refractivity contribution in [3.8, 4) is 5.75 Å². The first-order valence-electron chi connectivity index (χ1n) is 6.68. The molecule has 1 saturated heterocycles. The SMILES string of the molecule is Cc1cc(O)ccc1NC(=O)C1CCCN1C(=O)C(F)(F)F. The Morgan fingerprint density at radius 2 is 2.05 bits per heavy atom. The summed E-state index contributed by atoms with van der Waals surface area (Å²) in [5, 5.41) is 11.8. The molecule has 0 radical (unpaired) electrons. The fraction of sp³-hybridized carbons (Fsp3) is 0.429. The first-order valence-corrected chi connectivity index (χ1v) is 6.68. The van der Waals surface area contributed by atoms with Crippen LogP contribution in [0.5, 0.6) is 5.75 Å². The summed E-state index contributed by atoms with van der Waals surface area (Å²) >= 11 is 0. The highest BCUT2D eigenvalue weighted by Gasteiger charge is 2.47. The molecule has 22 heavy (non-hydrogen) atoms. The quantitative estimate of drug-likeness (QED) is 0.822. The predicted molar refractivity (Wildman–Crippen MR) is 72.3 cm³/mol. The number of hydrogen-bond donors (Lipinski definition) is 2. The summed E-state index contributed by atoms with van der Waals surface area (Å²) in [5.41, 5.74) is 0.953. The van der Waals surface area contributed by atoms with Crippen molar-refractivity contribution in [2.75, 3.05) is 11.9 Å². The minimum absolute atomic E-state index is 0.0187. The van der Waals surface area contributed by atoms with Gasteiger partial charge >= 0.3 is 12.1 Å². The Labute approximate surface area is 124 Å². The second kappa shape index (κ2) is 5.86. The Morgan fingerprint density at radius 1 is 1.36 bits per heavy atom. The number of carbonyl (C=O) groups is 2. The fourth-order valence-corrected chi connectivity index (χ4v) is 2.45. The third-order valence-corrected chi connectivity index (χ3v) is 3.53. The Hall–Kier alpha value is -2.25. The van der Waals surface area contributed by atoms with E-state index in [1.54, 1.807) is 6.92 Å². The number of nitrogens with zero attached hydrogens (tertiary/aromatic N) is 1. The second-order valence-electron chi connectivity index (χ2n) is 5.14. The number of halogens is 3. The maximum Gasteiger partial charge on any atom is 0.471 e. The van der Waals surface area contributed by atoms with Gasteiger partial charge < -0.3 is 15.3 Å². The third kappa shape index (κ3) is 3.32. The average molecular weight is 316 g/mol. The molecule has 0 spiro atoms. The number of likely N-dealkylation sites (tertiary alicyclic amines) is 1. The van der Waals surface area contributed by atoms with Crippen molar-refractivity contribution in [2.45, 2.75) is 32.0 Å². The van der Waals surface area contributed by atoms with Gasteiger partial charge in [0.1, 0.15) is 11.8 Å². The Morgan fingerprint density at radius 3 is 2.64 bits per heavy atom. The number of nitrogens with one attached hydrogen (secondary N) is 1. The van der Waals surface area contributed by atoms with E-state index < -0.39 is 24.0 Å². The molecule has 1 fully saturated rings. The number of rotatable bonds is 2. The van der Waals surface area contributed by atoms with Gasteiger partial charge in [-0.1, -0.05) is 0 Å². The molecule has 2 N–H and O–H groups in total. The molecule has 0 bridgehead atoms. The zero-order valence-electron chi connectivity index (χ0n) is 11.8. The van der Waals surface area contributed by atoms with Crippen LogP contribution in [0, 0.1) is 6.92 Å². The van der Waals surface area contributed by atoms with E-state index >= 15 is 0 Å². The molecule has 2 rings (SSSR count). The molecular weight excluding hydrogens is 301 g/mol. The van der Waals surface area contributed by atoms with Crippen LogP contribution in [0.15, 0.2) is 18.2 Å². The second-order valence-corrected chi connectivity index (χ2v) is 5.14. The molecule has 0 aliphatic carbocycles.